The number of para-hydroxylation sites is 2. The summed E-state index contributed by atoms with van der Waals surface area (Å²) in [4.78, 5) is 15.4. The average Bonchev–Trinajstić information content (AvgIpc) is 4.02. The van der Waals surface area contributed by atoms with Crippen molar-refractivity contribution in [1.29, 1.82) is 0 Å². The summed E-state index contributed by atoms with van der Waals surface area (Å²) < 4.78 is 15.7. The third-order valence-corrected chi connectivity index (χ3v) is 12.2. The van der Waals surface area contributed by atoms with E-state index in [9.17, 15) is 0 Å². The molecule has 0 bridgehead atoms. The van der Waals surface area contributed by atoms with E-state index in [-0.39, 0.29) is 0 Å². The molecule has 0 aliphatic heterocycles. The topological polar surface area (TPSA) is 69.9 Å². The highest BCUT2D eigenvalue weighted by Crippen LogP contribution is 2.47. The highest BCUT2D eigenvalue weighted by atomic mass is 16.3. The fourth-order valence-electron chi connectivity index (χ4n) is 9.36. The summed E-state index contributed by atoms with van der Waals surface area (Å²) in [5, 5.41) is 6.35. The lowest BCUT2D eigenvalue weighted by Crippen LogP contribution is -2.04. The standard InChI is InChI=1S/C57H34N4O2/c1-5-17-35(18-6-1)43-31-39(57-59-55(37-21-9-3-10-22-37)58-56(60-57)38-23-11-4-12-24-38)32-44(36-19-7-2-8-20-36)53(43)61-47-27-15-13-26-42(47)52-48(61)30-29-41-46-34-50-45(33-51(46)63-54(41)52)40-25-14-16-28-49(40)62-50/h1-34H. The van der Waals surface area contributed by atoms with Crippen LogP contribution in [0.25, 0.3) is 128 Å². The van der Waals surface area contributed by atoms with Crippen molar-refractivity contribution in [2.24, 2.45) is 0 Å². The zero-order chi connectivity index (χ0) is 41.4. The van der Waals surface area contributed by atoms with Gasteiger partial charge in [0.25, 0.3) is 0 Å². The molecule has 0 N–H and O–H groups in total. The van der Waals surface area contributed by atoms with Crippen LogP contribution in [-0.2, 0) is 0 Å². The van der Waals surface area contributed by atoms with E-state index in [0.717, 1.165) is 110 Å². The molecule has 4 heterocycles. The van der Waals surface area contributed by atoms with E-state index in [0.29, 0.717) is 17.5 Å². The van der Waals surface area contributed by atoms with Gasteiger partial charge in [-0.2, -0.15) is 0 Å². The zero-order valence-corrected chi connectivity index (χ0v) is 33.7. The molecule has 294 valence electrons. The Balaban J connectivity index is 1.12. The molecule has 13 aromatic rings. The van der Waals surface area contributed by atoms with Gasteiger partial charge in [0.15, 0.2) is 17.5 Å². The molecule has 9 aromatic carbocycles. The van der Waals surface area contributed by atoms with Crippen molar-refractivity contribution >= 4 is 65.7 Å². The first-order valence-corrected chi connectivity index (χ1v) is 21.1. The molecule has 0 fully saturated rings. The largest absolute Gasteiger partial charge is 0.456 e. The van der Waals surface area contributed by atoms with Crippen LogP contribution < -0.4 is 0 Å². The molecule has 0 aliphatic rings. The first-order chi connectivity index (χ1) is 31.2. The van der Waals surface area contributed by atoms with E-state index in [1.54, 1.807) is 0 Å². The van der Waals surface area contributed by atoms with Gasteiger partial charge in [0.05, 0.1) is 22.1 Å². The van der Waals surface area contributed by atoms with Crippen LogP contribution in [0.5, 0.6) is 0 Å². The van der Waals surface area contributed by atoms with Gasteiger partial charge in [-0.3, -0.25) is 0 Å². The smallest absolute Gasteiger partial charge is 0.164 e. The van der Waals surface area contributed by atoms with Gasteiger partial charge in [-0.05, 0) is 59.7 Å². The first kappa shape index (κ1) is 35.2. The number of hydrogen-bond donors (Lipinski definition) is 0. The Morgan fingerprint density at radius 3 is 1.40 bits per heavy atom. The third kappa shape index (κ3) is 5.62. The maximum absolute atomic E-state index is 6.97. The minimum atomic E-state index is 0.591. The van der Waals surface area contributed by atoms with Gasteiger partial charge < -0.3 is 13.4 Å². The fraction of sp³-hybridized carbons (Fsp3) is 0. The third-order valence-electron chi connectivity index (χ3n) is 12.2. The van der Waals surface area contributed by atoms with Crippen LogP contribution in [0.15, 0.2) is 215 Å². The van der Waals surface area contributed by atoms with Gasteiger partial charge in [-0.25, -0.2) is 15.0 Å². The molecule has 0 spiro atoms. The molecule has 0 radical (unpaired) electrons. The average molecular weight is 807 g/mol. The van der Waals surface area contributed by atoms with Crippen molar-refractivity contribution in [3.8, 4) is 62.1 Å². The molecule has 4 aromatic heterocycles. The molecule has 0 atom stereocenters. The Hall–Kier alpha value is -8.61. The zero-order valence-electron chi connectivity index (χ0n) is 33.7. The summed E-state index contributed by atoms with van der Waals surface area (Å²) in [7, 11) is 0. The molecular formula is C57H34N4O2. The minimum absolute atomic E-state index is 0.591. The first-order valence-electron chi connectivity index (χ1n) is 21.1. The Morgan fingerprint density at radius 2 is 0.794 bits per heavy atom. The fourth-order valence-corrected chi connectivity index (χ4v) is 9.36. The number of aromatic nitrogens is 4. The molecule has 0 unspecified atom stereocenters. The van der Waals surface area contributed by atoms with Gasteiger partial charge in [-0.1, -0.05) is 158 Å². The molecule has 0 amide bonds. The van der Waals surface area contributed by atoms with Gasteiger partial charge in [-0.15, -0.1) is 0 Å². The highest BCUT2D eigenvalue weighted by Gasteiger charge is 2.25. The number of fused-ring (bicyclic) bond motifs is 10. The molecule has 6 heteroatoms. The highest BCUT2D eigenvalue weighted by molar-refractivity contribution is 6.25. The summed E-state index contributed by atoms with van der Waals surface area (Å²) in [6.07, 6.45) is 0. The maximum Gasteiger partial charge on any atom is 0.164 e. The van der Waals surface area contributed by atoms with Crippen LogP contribution in [-0.4, -0.2) is 19.5 Å². The van der Waals surface area contributed by atoms with Crippen LogP contribution >= 0.6 is 0 Å². The number of hydrogen-bond acceptors (Lipinski definition) is 5. The van der Waals surface area contributed by atoms with E-state index in [2.05, 4.69) is 132 Å². The van der Waals surface area contributed by atoms with Crippen LogP contribution in [0, 0.1) is 0 Å². The lowest BCUT2D eigenvalue weighted by molar-refractivity contribution is 0.665. The quantitative estimate of drug-likeness (QED) is 0.167. The molecular weight excluding hydrogens is 773 g/mol. The van der Waals surface area contributed by atoms with Gasteiger partial charge in [0, 0.05) is 54.7 Å². The Kier molecular flexibility index (Phi) is 7.80. The lowest BCUT2D eigenvalue weighted by atomic mass is 9.92. The van der Waals surface area contributed by atoms with Crippen molar-refractivity contribution in [1.82, 2.24) is 19.5 Å². The Morgan fingerprint density at radius 1 is 0.317 bits per heavy atom. The van der Waals surface area contributed by atoms with Crippen LogP contribution in [0.1, 0.15) is 0 Å². The van der Waals surface area contributed by atoms with Gasteiger partial charge >= 0.3 is 0 Å². The van der Waals surface area contributed by atoms with Crippen molar-refractivity contribution < 1.29 is 8.83 Å². The molecule has 0 saturated heterocycles. The molecule has 6 nitrogen and oxygen atoms in total. The minimum Gasteiger partial charge on any atom is -0.456 e. The Labute approximate surface area is 361 Å². The van der Waals surface area contributed by atoms with Crippen molar-refractivity contribution in [2.45, 2.75) is 0 Å². The van der Waals surface area contributed by atoms with Crippen molar-refractivity contribution in [3.63, 3.8) is 0 Å². The number of furan rings is 2. The van der Waals surface area contributed by atoms with Crippen molar-refractivity contribution in [2.75, 3.05) is 0 Å². The molecule has 13 rings (SSSR count). The number of nitrogens with zero attached hydrogens (tertiary/aromatic N) is 4. The van der Waals surface area contributed by atoms with Crippen LogP contribution in [0.2, 0.25) is 0 Å². The van der Waals surface area contributed by atoms with Crippen molar-refractivity contribution in [3.05, 3.63) is 206 Å². The van der Waals surface area contributed by atoms with E-state index in [1.165, 1.54) is 0 Å². The molecule has 0 saturated carbocycles. The summed E-state index contributed by atoms with van der Waals surface area (Å²) >= 11 is 0. The molecule has 63 heavy (non-hydrogen) atoms. The SMILES string of the molecule is c1ccc(-c2nc(-c3ccccc3)nc(-c3cc(-c4ccccc4)c(-n4c5ccccc5c5c6oc7cc8c(cc7c6ccc54)oc4ccccc48)c(-c4ccccc4)c3)n2)cc1. The van der Waals surface area contributed by atoms with E-state index in [1.807, 2.05) is 78.9 Å². The second kappa shape index (κ2) is 14.0. The molecule has 0 aliphatic carbocycles. The number of rotatable bonds is 6. The predicted molar refractivity (Wildman–Crippen MR) is 256 cm³/mol. The summed E-state index contributed by atoms with van der Waals surface area (Å²) in [6, 6.07) is 71.5. The monoisotopic (exact) mass is 806 g/mol. The second-order valence-corrected chi connectivity index (χ2v) is 15.9. The Bertz CT molecular complexity index is 3770. The van der Waals surface area contributed by atoms with E-state index in [4.69, 9.17) is 23.8 Å². The lowest BCUT2D eigenvalue weighted by Gasteiger charge is -2.21. The normalized spacial score (nSPS) is 11.8. The predicted octanol–water partition coefficient (Wildman–Crippen LogP) is 15.1. The van der Waals surface area contributed by atoms with E-state index < -0.39 is 0 Å². The second-order valence-electron chi connectivity index (χ2n) is 15.9. The van der Waals surface area contributed by atoms with Gasteiger partial charge in [0.2, 0.25) is 0 Å². The number of benzene rings is 9. The van der Waals surface area contributed by atoms with E-state index >= 15 is 0 Å². The summed E-state index contributed by atoms with van der Waals surface area (Å²) in [5.74, 6) is 1.82. The van der Waals surface area contributed by atoms with Crippen LogP contribution in [0.4, 0.5) is 0 Å². The summed E-state index contributed by atoms with van der Waals surface area (Å²) in [6.45, 7) is 0. The maximum atomic E-state index is 6.97. The van der Waals surface area contributed by atoms with Gasteiger partial charge in [0.1, 0.15) is 22.3 Å². The van der Waals surface area contributed by atoms with Crippen LogP contribution in [0.3, 0.4) is 0 Å². The summed E-state index contributed by atoms with van der Waals surface area (Å²) in [5.41, 5.74) is 13.5.